The van der Waals surface area contributed by atoms with E-state index in [1.807, 2.05) is 0 Å². The summed E-state index contributed by atoms with van der Waals surface area (Å²) in [7, 11) is 2.15. The van der Waals surface area contributed by atoms with Gasteiger partial charge in [0.15, 0.2) is 0 Å². The molecule has 0 aliphatic heterocycles. The van der Waals surface area contributed by atoms with Crippen molar-refractivity contribution in [3.63, 3.8) is 0 Å². The van der Waals surface area contributed by atoms with E-state index in [4.69, 9.17) is 5.73 Å². The molecule has 0 heterocycles. The van der Waals surface area contributed by atoms with Crippen LogP contribution in [0.1, 0.15) is 40.5 Å². The van der Waals surface area contributed by atoms with E-state index in [1.54, 1.807) is 0 Å². The first-order chi connectivity index (χ1) is 5.81. The van der Waals surface area contributed by atoms with Crippen LogP contribution in [0.2, 0.25) is 0 Å². The lowest BCUT2D eigenvalue weighted by Gasteiger charge is -2.26. The maximum atomic E-state index is 5.93. The van der Waals surface area contributed by atoms with Gasteiger partial charge in [0.1, 0.15) is 0 Å². The summed E-state index contributed by atoms with van der Waals surface area (Å²) >= 11 is 0. The van der Waals surface area contributed by atoms with Crippen molar-refractivity contribution in [2.24, 2.45) is 11.7 Å². The van der Waals surface area contributed by atoms with Crippen LogP contribution < -0.4 is 5.73 Å². The molecule has 0 unspecified atom stereocenters. The van der Waals surface area contributed by atoms with Crippen molar-refractivity contribution >= 4 is 0 Å². The molecule has 0 aromatic rings. The Kier molecular flexibility index (Phi) is 5.57. The lowest BCUT2D eigenvalue weighted by atomic mass is 10.1. The van der Waals surface area contributed by atoms with Gasteiger partial charge in [0.2, 0.25) is 0 Å². The molecule has 0 rings (SSSR count). The van der Waals surface area contributed by atoms with Gasteiger partial charge in [0.05, 0.1) is 0 Å². The average molecular weight is 186 g/mol. The first-order valence-electron chi connectivity index (χ1n) is 5.28. The molecule has 0 saturated heterocycles. The zero-order chi connectivity index (χ0) is 10.5. The second-order valence-electron chi connectivity index (χ2n) is 5.26. The lowest BCUT2D eigenvalue weighted by Crippen LogP contribution is -2.44. The minimum Gasteiger partial charge on any atom is -0.324 e. The van der Waals surface area contributed by atoms with E-state index in [0.29, 0.717) is 0 Å². The first kappa shape index (κ1) is 12.9. The van der Waals surface area contributed by atoms with E-state index in [0.717, 1.165) is 12.5 Å². The van der Waals surface area contributed by atoms with Gasteiger partial charge in [0, 0.05) is 12.1 Å². The largest absolute Gasteiger partial charge is 0.324 e. The molecule has 2 N–H and O–H groups in total. The summed E-state index contributed by atoms with van der Waals surface area (Å²) in [6.45, 7) is 10.8. The van der Waals surface area contributed by atoms with Crippen LogP contribution in [0.4, 0.5) is 0 Å². The van der Waals surface area contributed by atoms with Crippen molar-refractivity contribution < 1.29 is 0 Å². The zero-order valence-corrected chi connectivity index (χ0v) is 9.93. The van der Waals surface area contributed by atoms with Crippen LogP contribution in [0, 0.1) is 5.92 Å². The maximum absolute atomic E-state index is 5.93. The monoisotopic (exact) mass is 186 g/mol. The molecule has 0 atom stereocenters. The Bertz CT molecular complexity index is 125. The highest BCUT2D eigenvalue weighted by Gasteiger charge is 2.13. The molecule has 0 aromatic heterocycles. The third-order valence-corrected chi connectivity index (χ3v) is 2.00. The van der Waals surface area contributed by atoms with E-state index in [9.17, 15) is 0 Å². The molecule has 0 amide bonds. The lowest BCUT2D eigenvalue weighted by molar-refractivity contribution is 0.261. The topological polar surface area (TPSA) is 29.3 Å². The van der Waals surface area contributed by atoms with Gasteiger partial charge in [-0.2, -0.15) is 0 Å². The van der Waals surface area contributed by atoms with Crippen molar-refractivity contribution in [1.82, 2.24) is 4.90 Å². The Balaban J connectivity index is 3.46. The molecule has 0 saturated carbocycles. The van der Waals surface area contributed by atoms with Crippen molar-refractivity contribution in [2.45, 2.75) is 46.1 Å². The second kappa shape index (κ2) is 5.61. The fraction of sp³-hybridized carbons (Fsp3) is 1.00. The Morgan fingerprint density at radius 2 is 1.85 bits per heavy atom. The Morgan fingerprint density at radius 3 is 2.23 bits per heavy atom. The minimum atomic E-state index is -0.0629. The highest BCUT2D eigenvalue weighted by molar-refractivity contribution is 4.75. The first-order valence-corrected chi connectivity index (χ1v) is 5.28. The van der Waals surface area contributed by atoms with E-state index >= 15 is 0 Å². The van der Waals surface area contributed by atoms with E-state index in [1.165, 1.54) is 19.4 Å². The van der Waals surface area contributed by atoms with Crippen LogP contribution in [0.15, 0.2) is 0 Å². The molecule has 0 aliphatic rings. The summed E-state index contributed by atoms with van der Waals surface area (Å²) in [5, 5.41) is 0. The molecule has 0 fully saturated rings. The van der Waals surface area contributed by atoms with Gasteiger partial charge in [-0.25, -0.2) is 0 Å². The van der Waals surface area contributed by atoms with Crippen molar-refractivity contribution in [3.8, 4) is 0 Å². The summed E-state index contributed by atoms with van der Waals surface area (Å²) in [5.41, 5.74) is 5.86. The van der Waals surface area contributed by atoms with Gasteiger partial charge >= 0.3 is 0 Å². The smallest absolute Gasteiger partial charge is 0.0225 e. The summed E-state index contributed by atoms with van der Waals surface area (Å²) in [5.74, 6) is 0.819. The molecule has 0 aromatic carbocycles. The highest BCUT2D eigenvalue weighted by atomic mass is 15.1. The van der Waals surface area contributed by atoms with Crippen molar-refractivity contribution in [3.05, 3.63) is 0 Å². The molecular formula is C11H26N2. The number of hydrogen-bond acceptors (Lipinski definition) is 2. The third kappa shape index (κ3) is 9.84. The molecule has 2 heteroatoms. The van der Waals surface area contributed by atoms with Gasteiger partial charge < -0.3 is 10.6 Å². The Morgan fingerprint density at radius 1 is 1.31 bits per heavy atom. The van der Waals surface area contributed by atoms with Crippen LogP contribution in [0.5, 0.6) is 0 Å². The predicted molar refractivity (Wildman–Crippen MR) is 59.8 cm³/mol. The Labute approximate surface area is 83.5 Å². The SMILES string of the molecule is CC(C)CCCN(C)CC(C)(C)N. The van der Waals surface area contributed by atoms with Gasteiger partial charge in [-0.05, 0) is 46.2 Å². The van der Waals surface area contributed by atoms with Crippen LogP contribution in [0.3, 0.4) is 0 Å². The zero-order valence-electron chi connectivity index (χ0n) is 9.93. The van der Waals surface area contributed by atoms with Gasteiger partial charge in [-0.15, -0.1) is 0 Å². The molecule has 0 bridgehead atoms. The van der Waals surface area contributed by atoms with E-state index in [-0.39, 0.29) is 5.54 Å². The second-order valence-corrected chi connectivity index (χ2v) is 5.26. The molecule has 2 nitrogen and oxygen atoms in total. The van der Waals surface area contributed by atoms with Gasteiger partial charge in [-0.1, -0.05) is 13.8 Å². The van der Waals surface area contributed by atoms with Crippen LogP contribution in [0.25, 0.3) is 0 Å². The van der Waals surface area contributed by atoms with Crippen LogP contribution in [-0.2, 0) is 0 Å². The highest BCUT2D eigenvalue weighted by Crippen LogP contribution is 2.05. The standard InChI is InChI=1S/C11H26N2/c1-10(2)7-6-8-13(5)9-11(3,4)12/h10H,6-9,12H2,1-5H3. The summed E-state index contributed by atoms with van der Waals surface area (Å²) in [4.78, 5) is 2.32. The molecule has 80 valence electrons. The number of hydrogen-bond donors (Lipinski definition) is 1. The van der Waals surface area contributed by atoms with Crippen molar-refractivity contribution in [1.29, 1.82) is 0 Å². The summed E-state index contributed by atoms with van der Waals surface area (Å²) in [6.07, 6.45) is 2.60. The van der Waals surface area contributed by atoms with E-state index in [2.05, 4.69) is 39.6 Å². The van der Waals surface area contributed by atoms with Gasteiger partial charge in [0.25, 0.3) is 0 Å². The normalized spacial score (nSPS) is 12.9. The van der Waals surface area contributed by atoms with E-state index < -0.39 is 0 Å². The summed E-state index contributed by atoms with van der Waals surface area (Å²) < 4.78 is 0. The minimum absolute atomic E-state index is 0.0629. The Hall–Kier alpha value is -0.0800. The number of nitrogens with two attached hydrogens (primary N) is 1. The third-order valence-electron chi connectivity index (χ3n) is 2.00. The molecule has 13 heavy (non-hydrogen) atoms. The average Bonchev–Trinajstić information content (AvgIpc) is 1.81. The maximum Gasteiger partial charge on any atom is 0.0225 e. The van der Waals surface area contributed by atoms with Crippen molar-refractivity contribution in [2.75, 3.05) is 20.1 Å². The fourth-order valence-corrected chi connectivity index (χ4v) is 1.54. The quantitative estimate of drug-likeness (QED) is 0.688. The predicted octanol–water partition coefficient (Wildman–Crippen LogP) is 2.09. The number of nitrogens with zero attached hydrogens (tertiary/aromatic N) is 1. The fourth-order valence-electron chi connectivity index (χ4n) is 1.54. The molecule has 0 spiro atoms. The van der Waals surface area contributed by atoms with Crippen LogP contribution >= 0.6 is 0 Å². The van der Waals surface area contributed by atoms with Gasteiger partial charge in [-0.3, -0.25) is 0 Å². The van der Waals surface area contributed by atoms with Crippen LogP contribution in [-0.4, -0.2) is 30.6 Å². The number of likely N-dealkylation sites (N-methyl/N-ethyl adjacent to an activating group) is 1. The molecule has 0 radical (unpaired) electrons. The number of rotatable bonds is 6. The summed E-state index contributed by atoms with van der Waals surface area (Å²) in [6, 6.07) is 0. The molecular weight excluding hydrogens is 160 g/mol. The molecule has 0 aliphatic carbocycles.